The largest absolute Gasteiger partial charge is 0.465 e. The molecule has 1 heterocycles. The van der Waals surface area contributed by atoms with Gasteiger partial charge >= 0.3 is 5.97 Å². The van der Waals surface area contributed by atoms with Gasteiger partial charge in [-0.2, -0.15) is 0 Å². The lowest BCUT2D eigenvalue weighted by molar-refractivity contribution is -0.757. The van der Waals surface area contributed by atoms with Crippen LogP contribution < -0.4 is 5.73 Å². The maximum Gasteiger partial charge on any atom is 0.310 e. The van der Waals surface area contributed by atoms with Crippen LogP contribution >= 0.6 is 0 Å². The van der Waals surface area contributed by atoms with Gasteiger partial charge in [0.25, 0.3) is 5.09 Å². The highest BCUT2D eigenvalue weighted by Gasteiger charge is 2.23. The van der Waals surface area contributed by atoms with Gasteiger partial charge < -0.3 is 19.9 Å². The minimum absolute atomic E-state index is 0.0668. The third-order valence-corrected chi connectivity index (χ3v) is 6.66. The Morgan fingerprint density at radius 2 is 1.69 bits per heavy atom. The number of sulfone groups is 1. The number of carbonyl (C=O) groups excluding carboxylic acids is 1. The molecule has 3 aromatic rings. The van der Waals surface area contributed by atoms with Crippen molar-refractivity contribution in [2.24, 2.45) is 0 Å². The predicted molar refractivity (Wildman–Crippen MR) is 130 cm³/mol. The van der Waals surface area contributed by atoms with Crippen molar-refractivity contribution in [3.63, 3.8) is 0 Å². The van der Waals surface area contributed by atoms with E-state index in [-0.39, 0.29) is 24.5 Å². The van der Waals surface area contributed by atoms with Crippen LogP contribution in [0.1, 0.15) is 24.1 Å². The number of halogens is 1. The molecule has 0 unspecified atom stereocenters. The standard InChI is InChI=1S/C24H26FN3O7S/c1-16-21(15-22(29)34-13-3-4-14-35-28(30)31)23(26)24(27(16)19-9-7-18(25)8-10-19)17-5-11-20(12-6-17)36(2,32)33/h5-12H,3-4,13-15,26H2,1-2H3. The van der Waals surface area contributed by atoms with Crippen LogP contribution in [0, 0.1) is 22.9 Å². The lowest BCUT2D eigenvalue weighted by Gasteiger charge is -2.13. The molecule has 0 spiro atoms. The van der Waals surface area contributed by atoms with Crippen molar-refractivity contribution < 1.29 is 32.3 Å². The third-order valence-electron chi connectivity index (χ3n) is 5.54. The molecule has 12 heteroatoms. The number of hydrogen-bond acceptors (Lipinski definition) is 8. The Balaban J connectivity index is 1.90. The Bertz CT molecular complexity index is 1350. The molecule has 192 valence electrons. The smallest absolute Gasteiger partial charge is 0.310 e. The number of esters is 1. The van der Waals surface area contributed by atoms with Crippen LogP contribution in [0.15, 0.2) is 53.4 Å². The topological polar surface area (TPSA) is 144 Å². The summed E-state index contributed by atoms with van der Waals surface area (Å²) in [6.45, 7) is 1.75. The van der Waals surface area contributed by atoms with Gasteiger partial charge in [-0.25, -0.2) is 12.8 Å². The van der Waals surface area contributed by atoms with E-state index in [4.69, 9.17) is 10.5 Å². The molecule has 1 aromatic heterocycles. The molecule has 10 nitrogen and oxygen atoms in total. The fourth-order valence-corrected chi connectivity index (χ4v) is 4.40. The van der Waals surface area contributed by atoms with Crippen LogP contribution in [0.25, 0.3) is 16.9 Å². The normalized spacial score (nSPS) is 11.3. The van der Waals surface area contributed by atoms with E-state index in [0.29, 0.717) is 46.7 Å². The molecular weight excluding hydrogens is 493 g/mol. The number of anilines is 1. The van der Waals surface area contributed by atoms with Crippen molar-refractivity contribution in [3.8, 4) is 16.9 Å². The molecule has 0 atom stereocenters. The average Bonchev–Trinajstić information content (AvgIpc) is 3.06. The van der Waals surface area contributed by atoms with Gasteiger partial charge in [0, 0.05) is 28.8 Å². The van der Waals surface area contributed by atoms with E-state index in [1.165, 1.54) is 24.3 Å². The van der Waals surface area contributed by atoms with Crippen LogP contribution in [0.5, 0.6) is 0 Å². The van der Waals surface area contributed by atoms with Crippen LogP contribution in [-0.4, -0.2) is 43.5 Å². The van der Waals surface area contributed by atoms with E-state index in [9.17, 15) is 27.7 Å². The number of nitrogens with two attached hydrogens (primary N) is 1. The minimum atomic E-state index is -3.40. The van der Waals surface area contributed by atoms with Crippen molar-refractivity contribution in [2.75, 3.05) is 25.2 Å². The van der Waals surface area contributed by atoms with E-state index >= 15 is 0 Å². The maximum atomic E-state index is 13.6. The van der Waals surface area contributed by atoms with Gasteiger partial charge in [-0.15, -0.1) is 10.1 Å². The maximum absolute atomic E-state index is 13.6. The first-order chi connectivity index (χ1) is 17.0. The zero-order valence-corrected chi connectivity index (χ0v) is 20.6. The van der Waals surface area contributed by atoms with E-state index < -0.39 is 26.7 Å². The summed E-state index contributed by atoms with van der Waals surface area (Å²) >= 11 is 0. The van der Waals surface area contributed by atoms with Gasteiger partial charge in [-0.1, -0.05) is 12.1 Å². The fourth-order valence-electron chi connectivity index (χ4n) is 3.77. The second-order valence-corrected chi connectivity index (χ2v) is 10.1. The van der Waals surface area contributed by atoms with Crippen LogP contribution in [0.4, 0.5) is 10.1 Å². The van der Waals surface area contributed by atoms with Crippen molar-refractivity contribution in [1.29, 1.82) is 0 Å². The van der Waals surface area contributed by atoms with E-state index in [1.807, 2.05) is 0 Å². The summed E-state index contributed by atoms with van der Waals surface area (Å²) in [5, 5.41) is 9.28. The third kappa shape index (κ3) is 6.39. The first-order valence-corrected chi connectivity index (χ1v) is 12.9. The van der Waals surface area contributed by atoms with Crippen LogP contribution in [0.3, 0.4) is 0 Å². The van der Waals surface area contributed by atoms with E-state index in [1.54, 1.807) is 35.8 Å². The number of nitrogen functional groups attached to an aromatic ring is 1. The van der Waals surface area contributed by atoms with Gasteiger partial charge in [0.1, 0.15) is 5.82 Å². The molecule has 0 amide bonds. The molecule has 0 saturated carbocycles. The summed E-state index contributed by atoms with van der Waals surface area (Å²) in [6, 6.07) is 11.9. The first kappa shape index (κ1) is 26.7. The molecule has 2 N–H and O–H groups in total. The molecule has 2 aromatic carbocycles. The number of hydrogen-bond donors (Lipinski definition) is 1. The summed E-state index contributed by atoms with van der Waals surface area (Å²) < 4.78 is 44.3. The summed E-state index contributed by atoms with van der Waals surface area (Å²) in [6.07, 6.45) is 1.72. The number of aromatic nitrogens is 1. The summed E-state index contributed by atoms with van der Waals surface area (Å²) in [7, 11) is -3.40. The Kier molecular flexibility index (Phi) is 8.30. The molecule has 0 aliphatic carbocycles. The molecule has 0 bridgehead atoms. The molecule has 0 saturated heterocycles. The molecule has 0 aliphatic heterocycles. The Morgan fingerprint density at radius 3 is 2.28 bits per heavy atom. The predicted octanol–water partition coefficient (Wildman–Crippen LogP) is 3.65. The second kappa shape index (κ2) is 11.2. The number of carbonyl (C=O) groups is 1. The van der Waals surface area contributed by atoms with Crippen molar-refractivity contribution in [3.05, 3.63) is 75.7 Å². The summed E-state index contributed by atoms with van der Waals surface area (Å²) in [4.78, 5) is 27.0. The van der Waals surface area contributed by atoms with Crippen molar-refractivity contribution >= 4 is 21.5 Å². The van der Waals surface area contributed by atoms with Gasteiger partial charge in [-0.3, -0.25) is 4.79 Å². The lowest BCUT2D eigenvalue weighted by Crippen LogP contribution is -2.11. The number of ether oxygens (including phenoxy) is 1. The van der Waals surface area contributed by atoms with Gasteiger partial charge in [0.2, 0.25) is 0 Å². The highest BCUT2D eigenvalue weighted by Crippen LogP contribution is 2.37. The summed E-state index contributed by atoms with van der Waals surface area (Å²) in [5.41, 5.74) is 9.70. The molecular formula is C24H26FN3O7S. The quantitative estimate of drug-likeness (QED) is 0.175. The van der Waals surface area contributed by atoms with Gasteiger partial charge in [-0.05, 0) is 56.2 Å². The Hall–Kier alpha value is -3.93. The Labute approximate surface area is 207 Å². The van der Waals surface area contributed by atoms with Gasteiger partial charge in [0.05, 0.1) is 35.9 Å². The second-order valence-electron chi connectivity index (χ2n) is 8.10. The van der Waals surface area contributed by atoms with Gasteiger partial charge in [0.15, 0.2) is 9.84 Å². The van der Waals surface area contributed by atoms with E-state index in [0.717, 1.165) is 6.26 Å². The lowest BCUT2D eigenvalue weighted by atomic mass is 10.1. The molecule has 0 aliphatic rings. The number of unbranched alkanes of at least 4 members (excludes halogenated alkanes) is 1. The van der Waals surface area contributed by atoms with Crippen LogP contribution in [0.2, 0.25) is 0 Å². The number of benzene rings is 2. The Morgan fingerprint density at radius 1 is 1.08 bits per heavy atom. The monoisotopic (exact) mass is 519 g/mol. The zero-order valence-electron chi connectivity index (χ0n) is 19.8. The molecule has 3 rings (SSSR count). The van der Waals surface area contributed by atoms with E-state index in [2.05, 4.69) is 4.84 Å². The minimum Gasteiger partial charge on any atom is -0.465 e. The summed E-state index contributed by atoms with van der Waals surface area (Å²) in [5.74, 6) is -0.946. The van der Waals surface area contributed by atoms with Crippen LogP contribution in [-0.2, 0) is 30.6 Å². The fraction of sp³-hybridized carbons (Fsp3) is 0.292. The molecule has 0 radical (unpaired) electrons. The molecule has 0 fully saturated rings. The van der Waals surface area contributed by atoms with Crippen molar-refractivity contribution in [1.82, 2.24) is 4.57 Å². The number of nitrogens with zero attached hydrogens (tertiary/aromatic N) is 2. The highest BCUT2D eigenvalue weighted by molar-refractivity contribution is 7.90. The zero-order chi connectivity index (χ0) is 26.5. The number of rotatable bonds is 11. The highest BCUT2D eigenvalue weighted by atomic mass is 32.2. The molecule has 36 heavy (non-hydrogen) atoms. The SMILES string of the molecule is Cc1c(CC(=O)OCCCCO[N+](=O)[O-])c(N)c(-c2ccc(S(C)(=O)=O)cc2)n1-c1ccc(F)cc1. The first-order valence-electron chi connectivity index (χ1n) is 11.0. The van der Waals surface area contributed by atoms with Crippen molar-refractivity contribution in [2.45, 2.75) is 31.1 Å². The average molecular weight is 520 g/mol.